The maximum Gasteiger partial charge on any atom is 0.116 e. The number of halogens is 1. The molecule has 0 radical (unpaired) electrons. The first kappa shape index (κ1) is 10.7. The Hall–Kier alpha value is -0.210. The van der Waals surface area contributed by atoms with Gasteiger partial charge < -0.3 is 5.73 Å². The fourth-order valence-corrected chi connectivity index (χ4v) is 6.27. The molecular formula is C14H18ClNS. The molecule has 5 rings (SSSR count). The van der Waals surface area contributed by atoms with Crippen LogP contribution in [0.3, 0.4) is 0 Å². The van der Waals surface area contributed by atoms with E-state index in [1.807, 2.05) is 0 Å². The topological polar surface area (TPSA) is 26.0 Å². The van der Waals surface area contributed by atoms with E-state index in [9.17, 15) is 0 Å². The Labute approximate surface area is 111 Å². The molecule has 0 amide bonds. The van der Waals surface area contributed by atoms with Crippen LogP contribution in [0, 0.1) is 17.8 Å². The Kier molecular flexibility index (Phi) is 2.15. The maximum atomic E-state index is 6.20. The lowest BCUT2D eigenvalue weighted by atomic mass is 9.48. The van der Waals surface area contributed by atoms with Crippen molar-refractivity contribution in [1.29, 1.82) is 0 Å². The molecule has 4 fully saturated rings. The van der Waals surface area contributed by atoms with E-state index in [2.05, 4.69) is 5.38 Å². The number of thiophene rings is 1. The average molecular weight is 268 g/mol. The Morgan fingerprint density at radius 3 is 2.06 bits per heavy atom. The molecule has 92 valence electrons. The van der Waals surface area contributed by atoms with Crippen LogP contribution in [-0.4, -0.2) is 0 Å². The number of nitrogens with two attached hydrogens (primary N) is 1. The van der Waals surface area contributed by atoms with Gasteiger partial charge in [0.1, 0.15) is 4.34 Å². The Morgan fingerprint density at radius 2 is 1.65 bits per heavy atom. The summed E-state index contributed by atoms with van der Waals surface area (Å²) in [4.78, 5) is 0. The summed E-state index contributed by atoms with van der Waals surface area (Å²) in [5, 5.41) is 2.24. The Morgan fingerprint density at radius 1 is 1.12 bits per heavy atom. The van der Waals surface area contributed by atoms with Crippen LogP contribution in [0.15, 0.2) is 5.38 Å². The number of nitrogen functional groups attached to an aromatic ring is 1. The van der Waals surface area contributed by atoms with Gasteiger partial charge in [-0.3, -0.25) is 0 Å². The molecule has 0 saturated heterocycles. The van der Waals surface area contributed by atoms with Crippen LogP contribution < -0.4 is 5.73 Å². The van der Waals surface area contributed by atoms with Crippen molar-refractivity contribution in [3.63, 3.8) is 0 Å². The van der Waals surface area contributed by atoms with Gasteiger partial charge in [-0.05, 0) is 72.6 Å². The van der Waals surface area contributed by atoms with Gasteiger partial charge in [0, 0.05) is 0 Å². The van der Waals surface area contributed by atoms with Crippen molar-refractivity contribution in [2.24, 2.45) is 17.8 Å². The number of hydrogen-bond acceptors (Lipinski definition) is 2. The van der Waals surface area contributed by atoms with Crippen molar-refractivity contribution in [1.82, 2.24) is 0 Å². The smallest absolute Gasteiger partial charge is 0.116 e. The van der Waals surface area contributed by atoms with Crippen molar-refractivity contribution in [2.75, 3.05) is 5.73 Å². The summed E-state index contributed by atoms with van der Waals surface area (Å²) in [7, 11) is 0. The maximum absolute atomic E-state index is 6.20. The highest BCUT2D eigenvalue weighted by atomic mass is 35.5. The first-order chi connectivity index (χ1) is 8.16. The molecule has 0 aliphatic heterocycles. The summed E-state index contributed by atoms with van der Waals surface area (Å²) in [5.74, 6) is 2.91. The second-order valence-corrected chi connectivity index (χ2v) is 8.02. The van der Waals surface area contributed by atoms with Gasteiger partial charge in [0.25, 0.3) is 0 Å². The third kappa shape index (κ3) is 1.43. The van der Waals surface area contributed by atoms with E-state index in [0.717, 1.165) is 27.8 Å². The number of anilines is 1. The molecule has 1 aromatic rings. The van der Waals surface area contributed by atoms with Gasteiger partial charge >= 0.3 is 0 Å². The minimum atomic E-state index is 0.405. The minimum Gasteiger partial charge on any atom is -0.397 e. The van der Waals surface area contributed by atoms with E-state index in [1.54, 1.807) is 11.3 Å². The fourth-order valence-electron chi connectivity index (χ4n) is 5.19. The SMILES string of the molecule is Nc1c(C23CC4CC(CC(C4)C2)C3)csc1Cl. The molecule has 0 aromatic carbocycles. The van der Waals surface area contributed by atoms with Gasteiger partial charge in [-0.2, -0.15) is 0 Å². The van der Waals surface area contributed by atoms with Crippen LogP contribution >= 0.6 is 22.9 Å². The lowest BCUT2D eigenvalue weighted by molar-refractivity contribution is -0.00465. The van der Waals surface area contributed by atoms with E-state index in [4.69, 9.17) is 17.3 Å². The number of rotatable bonds is 1. The highest BCUT2D eigenvalue weighted by molar-refractivity contribution is 7.15. The normalized spacial score (nSPS) is 43.2. The van der Waals surface area contributed by atoms with Crippen LogP contribution in [0.25, 0.3) is 0 Å². The van der Waals surface area contributed by atoms with Crippen molar-refractivity contribution in [3.05, 3.63) is 15.3 Å². The molecule has 2 N–H and O–H groups in total. The zero-order valence-electron chi connectivity index (χ0n) is 9.92. The molecule has 4 aliphatic rings. The molecule has 0 spiro atoms. The van der Waals surface area contributed by atoms with E-state index in [-0.39, 0.29) is 0 Å². The predicted molar refractivity (Wildman–Crippen MR) is 73.6 cm³/mol. The summed E-state index contributed by atoms with van der Waals surface area (Å²) in [6.07, 6.45) is 8.56. The highest BCUT2D eigenvalue weighted by Crippen LogP contribution is 2.62. The number of hydrogen-bond donors (Lipinski definition) is 1. The molecule has 0 atom stereocenters. The standard InChI is InChI=1S/C14H18ClNS/c15-13-12(16)11(7-17-13)14-4-8-1-9(5-14)3-10(2-8)6-14/h7-10H,1-6,16H2. The minimum absolute atomic E-state index is 0.405. The second kappa shape index (κ2) is 3.42. The largest absolute Gasteiger partial charge is 0.397 e. The third-order valence-corrected chi connectivity index (χ3v) is 6.64. The van der Waals surface area contributed by atoms with Crippen molar-refractivity contribution in [2.45, 2.75) is 43.9 Å². The molecule has 17 heavy (non-hydrogen) atoms. The molecule has 1 heterocycles. The van der Waals surface area contributed by atoms with E-state index >= 15 is 0 Å². The molecule has 0 unspecified atom stereocenters. The first-order valence-corrected chi connectivity index (χ1v) is 7.95. The van der Waals surface area contributed by atoms with Gasteiger partial charge in [-0.15, -0.1) is 11.3 Å². The molecule has 1 aromatic heterocycles. The van der Waals surface area contributed by atoms with Gasteiger partial charge in [0.2, 0.25) is 0 Å². The molecule has 4 bridgehead atoms. The third-order valence-electron chi connectivity index (χ3n) is 5.39. The quantitative estimate of drug-likeness (QED) is 0.799. The van der Waals surface area contributed by atoms with Gasteiger partial charge in [0.05, 0.1) is 5.69 Å². The Bertz CT molecular complexity index is 430. The predicted octanol–water partition coefficient (Wildman–Crippen LogP) is 4.45. The van der Waals surface area contributed by atoms with E-state index < -0.39 is 0 Å². The molecule has 1 nitrogen and oxygen atoms in total. The average Bonchev–Trinajstić information content (AvgIpc) is 2.58. The first-order valence-electron chi connectivity index (χ1n) is 6.69. The zero-order chi connectivity index (χ0) is 11.6. The molecular weight excluding hydrogens is 250 g/mol. The fraction of sp³-hybridized carbons (Fsp3) is 0.714. The monoisotopic (exact) mass is 267 g/mol. The van der Waals surface area contributed by atoms with Gasteiger partial charge in [-0.1, -0.05) is 11.6 Å². The van der Waals surface area contributed by atoms with Crippen LogP contribution in [-0.2, 0) is 5.41 Å². The summed E-state index contributed by atoms with van der Waals surface area (Å²) >= 11 is 7.78. The summed E-state index contributed by atoms with van der Waals surface area (Å²) < 4.78 is 0.802. The molecule has 4 saturated carbocycles. The lowest BCUT2D eigenvalue weighted by Gasteiger charge is -2.57. The van der Waals surface area contributed by atoms with Crippen LogP contribution in [0.1, 0.15) is 44.1 Å². The van der Waals surface area contributed by atoms with Crippen molar-refractivity contribution >= 4 is 28.6 Å². The van der Waals surface area contributed by atoms with E-state index in [1.165, 1.54) is 44.1 Å². The molecule has 3 heteroatoms. The zero-order valence-corrected chi connectivity index (χ0v) is 11.5. The summed E-state index contributed by atoms with van der Waals surface area (Å²) in [6.45, 7) is 0. The van der Waals surface area contributed by atoms with Gasteiger partial charge in [-0.25, -0.2) is 0 Å². The van der Waals surface area contributed by atoms with Crippen LogP contribution in [0.5, 0.6) is 0 Å². The van der Waals surface area contributed by atoms with Gasteiger partial charge in [0.15, 0.2) is 0 Å². The highest BCUT2D eigenvalue weighted by Gasteiger charge is 2.52. The van der Waals surface area contributed by atoms with Crippen LogP contribution in [0.4, 0.5) is 5.69 Å². The summed E-state index contributed by atoms with van der Waals surface area (Å²) in [5.41, 5.74) is 8.89. The second-order valence-electron chi connectivity index (χ2n) is 6.53. The summed E-state index contributed by atoms with van der Waals surface area (Å²) in [6, 6.07) is 0. The van der Waals surface area contributed by atoms with Crippen molar-refractivity contribution in [3.8, 4) is 0 Å². The van der Waals surface area contributed by atoms with Crippen molar-refractivity contribution < 1.29 is 0 Å². The van der Waals surface area contributed by atoms with E-state index in [0.29, 0.717) is 5.41 Å². The molecule has 4 aliphatic carbocycles. The lowest BCUT2D eigenvalue weighted by Crippen LogP contribution is -2.48. The Balaban J connectivity index is 1.80. The van der Waals surface area contributed by atoms with Crippen LogP contribution in [0.2, 0.25) is 4.34 Å².